The molecule has 0 amide bonds. The number of halogens is 2. The van der Waals surface area contributed by atoms with Crippen molar-refractivity contribution in [2.24, 2.45) is 0 Å². The Morgan fingerprint density at radius 2 is 0.920 bits per heavy atom. The zero-order valence-corrected chi connectivity index (χ0v) is 19.7. The van der Waals surface area contributed by atoms with E-state index in [9.17, 15) is 0 Å². The average Bonchev–Trinajstić information content (AvgIpc) is 2.63. The molecule has 0 aromatic carbocycles. The summed E-state index contributed by atoms with van der Waals surface area (Å²) in [5.41, 5.74) is 0. The van der Waals surface area contributed by atoms with Gasteiger partial charge in [-0.25, -0.2) is 4.08 Å². The minimum absolute atomic E-state index is 0.739. The molecule has 0 rings (SSSR count). The molecule has 0 aliphatic heterocycles. The summed E-state index contributed by atoms with van der Waals surface area (Å²) in [7, 11) is -1.05. The Bertz CT molecular complexity index is 248. The molecule has 0 bridgehead atoms. The van der Waals surface area contributed by atoms with Crippen LogP contribution >= 0.6 is 34.4 Å². The summed E-state index contributed by atoms with van der Waals surface area (Å²) in [4.78, 5) is 0. The minimum Gasteiger partial charge on any atom is -0.325 e. The molecule has 25 heavy (non-hydrogen) atoms. The molecule has 0 aliphatic rings. The molecular weight excluding hydrogens is 419 g/mol. The van der Waals surface area contributed by atoms with Gasteiger partial charge in [-0.15, -0.1) is 0 Å². The van der Waals surface area contributed by atoms with Gasteiger partial charge in [0.2, 0.25) is 0 Å². The van der Waals surface area contributed by atoms with Gasteiger partial charge in [0.05, 0.1) is 18.5 Å². The van der Waals surface area contributed by atoms with Crippen LogP contribution in [0, 0.1) is 0 Å². The quantitative estimate of drug-likeness (QED) is 0.125. The predicted octanol–water partition coefficient (Wildman–Crippen LogP) is 9.84. The molecule has 0 aromatic heterocycles. The molecule has 5 heteroatoms. The Hall–Kier alpha value is 1.12. The Balaban J connectivity index is 2.98. The van der Waals surface area contributed by atoms with E-state index >= 15 is 0 Å². The van der Waals surface area contributed by atoms with Crippen LogP contribution in [0.25, 0.3) is 0 Å². The minimum atomic E-state index is -1.05. The third-order valence-corrected chi connectivity index (χ3v) is 7.16. The monoisotopic (exact) mass is 458 g/mol. The van der Waals surface area contributed by atoms with Gasteiger partial charge in [-0.2, -0.15) is 0 Å². The third-order valence-electron chi connectivity index (χ3n) is 4.74. The molecule has 0 saturated carbocycles. The van der Waals surface area contributed by atoms with Crippen molar-refractivity contribution in [3.05, 3.63) is 0 Å². The summed E-state index contributed by atoms with van der Waals surface area (Å²) < 4.78 is 9.87. The molecule has 0 N–H and O–H groups in total. The van der Waals surface area contributed by atoms with Gasteiger partial charge in [-0.1, -0.05) is 116 Å². The number of hydrogen-bond acceptors (Lipinski definition) is 2. The van der Waals surface area contributed by atoms with E-state index in [2.05, 4.69) is 26.5 Å². The van der Waals surface area contributed by atoms with Crippen LogP contribution in [0.1, 0.15) is 122 Å². The fourth-order valence-corrected chi connectivity index (χ4v) is 4.03. The molecule has 0 saturated heterocycles. The smallest absolute Gasteiger partial charge is 0.265 e. The van der Waals surface area contributed by atoms with Crippen molar-refractivity contribution in [3.8, 4) is 0 Å². The summed E-state index contributed by atoms with van der Waals surface area (Å²) in [6.45, 7) is 3.03. The molecule has 0 radical (unpaired) electrons. The number of hydrogen-bond donors (Lipinski definition) is 0. The lowest BCUT2D eigenvalue weighted by Crippen LogP contribution is -1.88. The van der Waals surface area contributed by atoms with Crippen LogP contribution in [0.15, 0.2) is 0 Å². The average molecular weight is 460 g/mol. The normalized spacial score (nSPS) is 12.6. The Morgan fingerprint density at radius 3 is 1.24 bits per heavy atom. The van der Waals surface area contributed by atoms with Gasteiger partial charge in [0.25, 0.3) is 7.08 Å². The highest BCUT2D eigenvalue weighted by atomic mass is 79.9. The fraction of sp³-hybridized carbons (Fsp3) is 1.00. The molecule has 2 nitrogen and oxygen atoms in total. The molecular formula is C20H41BrClO2P. The van der Waals surface area contributed by atoms with Crippen LogP contribution in [0.3, 0.4) is 0 Å². The SMILES string of the molecule is CCCCCCCCCCCCCCCCCCCCOP(Br)OCl. The van der Waals surface area contributed by atoms with E-state index in [0.29, 0.717) is 0 Å². The second-order valence-corrected chi connectivity index (χ2v) is 10.1. The van der Waals surface area contributed by atoms with Crippen LogP contribution in [0.2, 0.25) is 0 Å². The summed E-state index contributed by atoms with van der Waals surface area (Å²) in [6, 6.07) is 0. The Labute approximate surface area is 172 Å². The number of unbranched alkanes of at least 4 members (excludes halogenated alkanes) is 17. The first-order valence-corrected chi connectivity index (χ1v) is 14.2. The van der Waals surface area contributed by atoms with Gasteiger partial charge >= 0.3 is 0 Å². The lowest BCUT2D eigenvalue weighted by molar-refractivity contribution is 0.317. The maximum Gasteiger partial charge on any atom is 0.265 e. The van der Waals surface area contributed by atoms with Crippen molar-refractivity contribution in [1.29, 1.82) is 0 Å². The van der Waals surface area contributed by atoms with Crippen molar-refractivity contribution in [2.75, 3.05) is 6.61 Å². The highest BCUT2D eigenvalue weighted by Crippen LogP contribution is 2.47. The lowest BCUT2D eigenvalue weighted by atomic mass is 10.0. The first kappa shape index (κ1) is 26.1. The van der Waals surface area contributed by atoms with E-state index in [4.69, 9.17) is 16.4 Å². The van der Waals surface area contributed by atoms with Crippen molar-refractivity contribution in [1.82, 2.24) is 0 Å². The molecule has 0 spiro atoms. The molecule has 0 heterocycles. The van der Waals surface area contributed by atoms with Gasteiger partial charge in [0, 0.05) is 15.5 Å². The zero-order valence-electron chi connectivity index (χ0n) is 16.5. The zero-order chi connectivity index (χ0) is 18.4. The van der Waals surface area contributed by atoms with Gasteiger partial charge in [0.1, 0.15) is 0 Å². The fourth-order valence-electron chi connectivity index (χ4n) is 3.16. The van der Waals surface area contributed by atoms with Gasteiger partial charge < -0.3 is 4.52 Å². The van der Waals surface area contributed by atoms with E-state index in [-0.39, 0.29) is 0 Å². The molecule has 0 aliphatic carbocycles. The summed E-state index contributed by atoms with van der Waals surface area (Å²) in [5, 5.41) is 0. The number of rotatable bonds is 21. The summed E-state index contributed by atoms with van der Waals surface area (Å²) in [6.07, 6.45) is 25.2. The standard InChI is InChI=1S/C20H41BrClO2P/c1-2-3-4-5-6-7-8-9-10-11-12-13-14-15-16-17-18-19-20-23-25(21)24-22/h2-20H2,1H3. The third kappa shape index (κ3) is 23.1. The van der Waals surface area contributed by atoms with Crippen LogP contribution in [-0.2, 0) is 8.60 Å². The lowest BCUT2D eigenvalue weighted by Gasteiger charge is -2.06. The molecule has 1 unspecified atom stereocenters. The van der Waals surface area contributed by atoms with Crippen molar-refractivity contribution >= 4 is 34.4 Å². The highest BCUT2D eigenvalue weighted by molar-refractivity contribution is 9.38. The summed E-state index contributed by atoms with van der Waals surface area (Å²) in [5.74, 6) is 0. The summed E-state index contributed by atoms with van der Waals surface area (Å²) >= 11 is 8.41. The van der Waals surface area contributed by atoms with Gasteiger partial charge in [-0.3, -0.25) is 0 Å². The van der Waals surface area contributed by atoms with Gasteiger partial charge in [0.15, 0.2) is 0 Å². The van der Waals surface area contributed by atoms with Crippen molar-refractivity contribution in [3.63, 3.8) is 0 Å². The topological polar surface area (TPSA) is 18.5 Å². The maximum absolute atomic E-state index is 5.35. The Morgan fingerprint density at radius 1 is 0.600 bits per heavy atom. The highest BCUT2D eigenvalue weighted by Gasteiger charge is 2.02. The van der Waals surface area contributed by atoms with Gasteiger partial charge in [-0.05, 0) is 6.42 Å². The van der Waals surface area contributed by atoms with E-state index in [1.807, 2.05) is 0 Å². The molecule has 152 valence electrons. The van der Waals surface area contributed by atoms with Crippen LogP contribution in [-0.4, -0.2) is 6.61 Å². The Kier molecular flexibility index (Phi) is 24.2. The molecule has 1 atom stereocenters. The first-order chi connectivity index (χ1) is 12.3. The van der Waals surface area contributed by atoms with Crippen LogP contribution in [0.5, 0.6) is 0 Å². The first-order valence-electron chi connectivity index (χ1n) is 10.7. The van der Waals surface area contributed by atoms with Crippen molar-refractivity contribution in [2.45, 2.75) is 122 Å². The second-order valence-electron chi connectivity index (χ2n) is 7.13. The second kappa shape index (κ2) is 23.2. The largest absolute Gasteiger partial charge is 0.325 e. The van der Waals surface area contributed by atoms with E-state index in [1.54, 1.807) is 0 Å². The van der Waals surface area contributed by atoms with Crippen molar-refractivity contribution < 1.29 is 8.60 Å². The molecule has 0 fully saturated rings. The van der Waals surface area contributed by atoms with E-state index in [1.165, 1.54) is 109 Å². The van der Waals surface area contributed by atoms with E-state index in [0.717, 1.165) is 13.0 Å². The maximum atomic E-state index is 5.35. The molecule has 0 aromatic rings. The van der Waals surface area contributed by atoms with Crippen LogP contribution in [0.4, 0.5) is 0 Å². The van der Waals surface area contributed by atoms with Crippen LogP contribution < -0.4 is 0 Å². The van der Waals surface area contributed by atoms with E-state index < -0.39 is 7.08 Å². The predicted molar refractivity (Wildman–Crippen MR) is 118 cm³/mol.